The number of thiazole rings is 3. The molecule has 0 aliphatic rings. The molecule has 0 spiro atoms. The number of methoxy groups -OCH3 is 1. The molecule has 0 fully saturated rings. The highest BCUT2D eigenvalue weighted by atomic mass is 32.1. The molecule has 4 nitrogen and oxygen atoms in total. The fourth-order valence-corrected chi connectivity index (χ4v) is 3.21. The minimum absolute atomic E-state index is 0.738. The van der Waals surface area contributed by atoms with E-state index in [0.29, 0.717) is 0 Å². The Morgan fingerprint density at radius 2 is 1.43 bits per heavy atom. The number of aromatic nitrogens is 3. The topological polar surface area (TPSA) is 47.9 Å². The first kappa shape index (κ1) is 19.5. The number of nitrogens with zero attached hydrogens (tertiary/aromatic N) is 3. The van der Waals surface area contributed by atoms with E-state index in [0.717, 1.165) is 32.3 Å². The fourth-order valence-electron chi connectivity index (χ4n) is 1.36. The minimum Gasteiger partial charge on any atom is -0.473 e. The van der Waals surface area contributed by atoms with Gasteiger partial charge in [-0.2, -0.15) is 0 Å². The van der Waals surface area contributed by atoms with Gasteiger partial charge in [0.2, 0.25) is 0 Å². The molecule has 7 heteroatoms. The first-order chi connectivity index (χ1) is 10.9. The molecule has 3 aromatic heterocycles. The van der Waals surface area contributed by atoms with E-state index >= 15 is 0 Å². The van der Waals surface area contributed by atoms with Gasteiger partial charge in [-0.15, -0.1) is 22.7 Å². The van der Waals surface area contributed by atoms with Crippen LogP contribution >= 0.6 is 34.0 Å². The molecule has 0 amide bonds. The molecule has 0 saturated heterocycles. The maximum Gasteiger partial charge on any atom is 0.273 e. The van der Waals surface area contributed by atoms with Crippen LogP contribution in [0, 0.1) is 27.7 Å². The van der Waals surface area contributed by atoms with Crippen molar-refractivity contribution in [3.05, 3.63) is 49.8 Å². The average molecular weight is 368 g/mol. The van der Waals surface area contributed by atoms with E-state index in [1.165, 1.54) is 11.3 Å². The quantitative estimate of drug-likeness (QED) is 0.615. The predicted molar refractivity (Wildman–Crippen MR) is 102 cm³/mol. The van der Waals surface area contributed by atoms with Crippen molar-refractivity contribution in [1.82, 2.24) is 15.0 Å². The number of rotatable bonds is 2. The van der Waals surface area contributed by atoms with Crippen LogP contribution < -0.4 is 4.74 Å². The summed E-state index contributed by atoms with van der Waals surface area (Å²) in [5, 5.41) is 8.91. The SMILES string of the molecule is C=Cc1nc(C)cs1.COc1nc(C)cs1.Cc1csc(C)n1. The minimum atomic E-state index is 0.738. The molecule has 0 saturated carbocycles. The maximum absolute atomic E-state index is 4.84. The second-order valence-corrected chi connectivity index (χ2v) is 7.27. The van der Waals surface area contributed by atoms with Gasteiger partial charge in [0, 0.05) is 27.5 Å². The van der Waals surface area contributed by atoms with Gasteiger partial charge in [-0.3, -0.25) is 0 Å². The summed E-state index contributed by atoms with van der Waals surface area (Å²) >= 11 is 4.83. The molecule has 0 N–H and O–H groups in total. The van der Waals surface area contributed by atoms with Crippen molar-refractivity contribution in [3.8, 4) is 5.19 Å². The zero-order valence-corrected chi connectivity index (χ0v) is 16.4. The molecule has 3 aromatic rings. The molecule has 0 aliphatic carbocycles. The van der Waals surface area contributed by atoms with Crippen LogP contribution in [0.5, 0.6) is 5.19 Å². The van der Waals surface area contributed by atoms with Crippen molar-refractivity contribution in [2.24, 2.45) is 0 Å². The predicted octanol–water partition coefficient (Wildman–Crippen LogP) is 5.31. The first-order valence-electron chi connectivity index (χ1n) is 6.84. The zero-order chi connectivity index (χ0) is 17.2. The van der Waals surface area contributed by atoms with Crippen LogP contribution in [0.1, 0.15) is 27.1 Å². The van der Waals surface area contributed by atoms with Crippen molar-refractivity contribution in [2.45, 2.75) is 27.7 Å². The summed E-state index contributed by atoms with van der Waals surface area (Å²) in [5.74, 6) is 0. The molecule has 3 rings (SSSR count). The van der Waals surface area contributed by atoms with E-state index in [2.05, 4.69) is 26.9 Å². The second kappa shape index (κ2) is 10.3. The number of hydrogen-bond donors (Lipinski definition) is 0. The van der Waals surface area contributed by atoms with E-state index in [-0.39, 0.29) is 0 Å². The summed E-state index contributed by atoms with van der Waals surface area (Å²) in [7, 11) is 1.62. The lowest BCUT2D eigenvalue weighted by Crippen LogP contribution is -1.79. The molecule has 0 aliphatic heterocycles. The summed E-state index contributed by atoms with van der Waals surface area (Å²) in [6, 6.07) is 0. The average Bonchev–Trinajstić information content (AvgIpc) is 3.23. The molecule has 23 heavy (non-hydrogen) atoms. The molecular weight excluding hydrogens is 346 g/mol. The molecule has 3 heterocycles. The maximum atomic E-state index is 4.84. The van der Waals surface area contributed by atoms with E-state index in [4.69, 9.17) is 4.74 Å². The molecule has 0 bridgehead atoms. The van der Waals surface area contributed by atoms with Gasteiger partial charge < -0.3 is 4.74 Å². The van der Waals surface area contributed by atoms with Crippen LogP contribution in [-0.2, 0) is 0 Å². The van der Waals surface area contributed by atoms with E-state index in [9.17, 15) is 0 Å². The zero-order valence-electron chi connectivity index (χ0n) is 14.0. The highest BCUT2D eigenvalue weighted by Crippen LogP contribution is 2.15. The van der Waals surface area contributed by atoms with Crippen molar-refractivity contribution in [1.29, 1.82) is 0 Å². The third-order valence-corrected chi connectivity index (χ3v) is 5.09. The Morgan fingerprint density at radius 1 is 0.870 bits per heavy atom. The van der Waals surface area contributed by atoms with Gasteiger partial charge in [0.1, 0.15) is 5.01 Å². The molecular formula is C16H21N3OS3. The highest BCUT2D eigenvalue weighted by Gasteiger charge is 1.92. The summed E-state index contributed by atoms with van der Waals surface area (Å²) in [6.45, 7) is 11.5. The first-order valence-corrected chi connectivity index (χ1v) is 9.48. The van der Waals surface area contributed by atoms with Gasteiger partial charge in [-0.1, -0.05) is 17.9 Å². The molecule has 0 aromatic carbocycles. The van der Waals surface area contributed by atoms with Gasteiger partial charge in [0.25, 0.3) is 5.19 Å². The Balaban J connectivity index is 0.000000173. The van der Waals surface area contributed by atoms with Gasteiger partial charge in [-0.05, 0) is 33.8 Å². The third-order valence-electron chi connectivity index (χ3n) is 2.32. The number of aryl methyl sites for hydroxylation is 4. The Labute approximate surface area is 149 Å². The van der Waals surface area contributed by atoms with E-state index < -0.39 is 0 Å². The van der Waals surface area contributed by atoms with Crippen molar-refractivity contribution >= 4 is 40.1 Å². The Hall–Kier alpha value is -1.57. The third kappa shape index (κ3) is 8.01. The standard InChI is InChI=1S/C6H7NS.C5H7NOS.C5H7NS/c1-3-6-7-5(2)4-8-6;1-4-3-8-5(6-4)7-2;1-4-3-7-5(2)6-4/h3-4H,1H2,2H3;3H,1-2H3;3H,1-2H3. The van der Waals surface area contributed by atoms with Crippen LogP contribution in [0.15, 0.2) is 22.7 Å². The Bertz CT molecular complexity index is 699. The normalized spacial score (nSPS) is 9.26. The van der Waals surface area contributed by atoms with Crippen LogP contribution in [0.3, 0.4) is 0 Å². The number of ether oxygens (including phenoxy) is 1. The van der Waals surface area contributed by atoms with Crippen LogP contribution in [0.4, 0.5) is 0 Å². The summed E-state index contributed by atoms with van der Waals surface area (Å²) in [5.41, 5.74) is 3.22. The lowest BCUT2D eigenvalue weighted by molar-refractivity contribution is 0.411. The summed E-state index contributed by atoms with van der Waals surface area (Å²) in [6.07, 6.45) is 1.76. The molecule has 0 radical (unpaired) electrons. The Morgan fingerprint density at radius 3 is 1.65 bits per heavy atom. The van der Waals surface area contributed by atoms with Gasteiger partial charge in [0.05, 0.1) is 17.8 Å². The summed E-state index contributed by atoms with van der Waals surface area (Å²) in [4.78, 5) is 12.3. The monoisotopic (exact) mass is 367 g/mol. The van der Waals surface area contributed by atoms with Crippen molar-refractivity contribution in [2.75, 3.05) is 7.11 Å². The summed E-state index contributed by atoms with van der Waals surface area (Å²) < 4.78 is 4.84. The van der Waals surface area contributed by atoms with Crippen LogP contribution in [0.25, 0.3) is 6.08 Å². The molecule has 0 atom stereocenters. The largest absolute Gasteiger partial charge is 0.473 e. The molecule has 124 valence electrons. The van der Waals surface area contributed by atoms with Crippen LogP contribution in [-0.4, -0.2) is 22.1 Å². The lowest BCUT2D eigenvalue weighted by Gasteiger charge is -1.85. The highest BCUT2D eigenvalue weighted by molar-refractivity contribution is 7.11. The number of hydrogen-bond acceptors (Lipinski definition) is 7. The second-order valence-electron chi connectivity index (χ2n) is 4.50. The lowest BCUT2D eigenvalue weighted by atomic mass is 10.6. The van der Waals surface area contributed by atoms with Crippen LogP contribution in [0.2, 0.25) is 0 Å². The van der Waals surface area contributed by atoms with Gasteiger partial charge in [0.15, 0.2) is 0 Å². The Kier molecular flexibility index (Phi) is 8.68. The molecule has 0 unspecified atom stereocenters. The smallest absolute Gasteiger partial charge is 0.273 e. The fraction of sp³-hybridized carbons (Fsp3) is 0.312. The van der Waals surface area contributed by atoms with Gasteiger partial charge >= 0.3 is 0 Å². The van der Waals surface area contributed by atoms with Crippen molar-refractivity contribution < 1.29 is 4.74 Å². The van der Waals surface area contributed by atoms with E-state index in [1.807, 2.05) is 38.5 Å². The van der Waals surface area contributed by atoms with Gasteiger partial charge in [-0.25, -0.2) is 15.0 Å². The van der Waals surface area contributed by atoms with E-state index in [1.54, 1.807) is 35.9 Å². The van der Waals surface area contributed by atoms with Crippen molar-refractivity contribution in [3.63, 3.8) is 0 Å².